The summed E-state index contributed by atoms with van der Waals surface area (Å²) >= 11 is 0. The zero-order valence-electron chi connectivity index (χ0n) is 11.4. The van der Waals surface area contributed by atoms with Crippen LogP contribution >= 0.6 is 0 Å². The molecular weight excluding hydrogens is 259 g/mol. The van der Waals surface area contributed by atoms with Crippen molar-refractivity contribution in [1.82, 2.24) is 10.2 Å². The van der Waals surface area contributed by atoms with Crippen LogP contribution in [0.2, 0.25) is 0 Å². The predicted octanol–water partition coefficient (Wildman–Crippen LogP) is 1.45. The fourth-order valence-electron chi connectivity index (χ4n) is 2.85. The fraction of sp³-hybridized carbons (Fsp3) is 0.467. The van der Waals surface area contributed by atoms with Crippen LogP contribution in [-0.4, -0.2) is 28.8 Å². The zero-order chi connectivity index (χ0) is 14.3. The molecule has 1 heterocycles. The van der Waals surface area contributed by atoms with E-state index in [4.69, 9.17) is 0 Å². The first kappa shape index (κ1) is 13.1. The first-order valence-electron chi connectivity index (χ1n) is 6.84. The van der Waals surface area contributed by atoms with Crippen LogP contribution in [0, 0.1) is 11.7 Å². The van der Waals surface area contributed by atoms with Gasteiger partial charge in [-0.2, -0.15) is 0 Å². The van der Waals surface area contributed by atoms with Crippen LogP contribution in [-0.2, 0) is 16.1 Å². The van der Waals surface area contributed by atoms with Gasteiger partial charge in [-0.25, -0.2) is 4.39 Å². The van der Waals surface area contributed by atoms with Crippen molar-refractivity contribution in [3.05, 3.63) is 35.6 Å². The lowest BCUT2D eigenvalue weighted by atomic mass is 9.91. The summed E-state index contributed by atoms with van der Waals surface area (Å²) in [6, 6.07) is 6.35. The lowest BCUT2D eigenvalue weighted by molar-refractivity contribution is -0.150. The predicted molar refractivity (Wildman–Crippen MR) is 71.1 cm³/mol. The third-order valence-corrected chi connectivity index (χ3v) is 4.18. The van der Waals surface area contributed by atoms with E-state index in [2.05, 4.69) is 5.32 Å². The number of piperazine rings is 1. The maximum absolute atomic E-state index is 13.7. The van der Waals surface area contributed by atoms with Crippen molar-refractivity contribution in [1.29, 1.82) is 0 Å². The van der Waals surface area contributed by atoms with Gasteiger partial charge in [0, 0.05) is 12.1 Å². The van der Waals surface area contributed by atoms with E-state index in [1.165, 1.54) is 11.0 Å². The number of rotatable bonds is 3. The lowest BCUT2D eigenvalue weighted by Crippen LogP contribution is -2.66. The first-order valence-corrected chi connectivity index (χ1v) is 6.84. The molecule has 1 N–H and O–H groups in total. The molecule has 3 rings (SSSR count). The Morgan fingerprint density at radius 3 is 2.70 bits per heavy atom. The minimum Gasteiger partial charge on any atom is -0.340 e. The molecule has 0 bridgehead atoms. The van der Waals surface area contributed by atoms with Gasteiger partial charge >= 0.3 is 0 Å². The minimum absolute atomic E-state index is 0.00449. The molecule has 1 saturated heterocycles. The van der Waals surface area contributed by atoms with Crippen LogP contribution in [0.25, 0.3) is 0 Å². The lowest BCUT2D eigenvalue weighted by Gasteiger charge is -2.40. The van der Waals surface area contributed by atoms with Gasteiger partial charge in [0.25, 0.3) is 0 Å². The molecule has 2 amide bonds. The van der Waals surface area contributed by atoms with E-state index in [1.807, 2.05) is 0 Å². The smallest absolute Gasteiger partial charge is 0.249 e. The number of carbonyl (C=O) groups is 2. The highest BCUT2D eigenvalue weighted by Gasteiger charge is 2.52. The van der Waals surface area contributed by atoms with Crippen molar-refractivity contribution in [2.24, 2.45) is 5.92 Å². The van der Waals surface area contributed by atoms with Gasteiger partial charge in [0.1, 0.15) is 11.4 Å². The Morgan fingerprint density at radius 2 is 2.05 bits per heavy atom. The number of hydrogen-bond acceptors (Lipinski definition) is 2. The van der Waals surface area contributed by atoms with Crippen LogP contribution in [0.4, 0.5) is 4.39 Å². The van der Waals surface area contributed by atoms with Crippen LogP contribution < -0.4 is 5.32 Å². The zero-order valence-corrected chi connectivity index (χ0v) is 11.4. The quantitative estimate of drug-likeness (QED) is 0.908. The molecule has 20 heavy (non-hydrogen) atoms. The molecule has 1 saturated carbocycles. The third-order valence-electron chi connectivity index (χ3n) is 4.18. The average molecular weight is 276 g/mol. The Bertz CT molecular complexity index is 571. The second-order valence-electron chi connectivity index (χ2n) is 5.78. The van der Waals surface area contributed by atoms with E-state index >= 15 is 0 Å². The summed E-state index contributed by atoms with van der Waals surface area (Å²) in [6.45, 7) is 1.91. The second-order valence-corrected chi connectivity index (χ2v) is 5.78. The standard InChI is InChI=1S/C15H17FN2O2/c1-15(11-6-7-11)14(20)18(9-13(19)17-15)8-10-4-2-3-5-12(10)16/h2-5,11H,6-9H2,1H3,(H,17,19). The SMILES string of the molecule is CC1(C2CC2)NC(=O)CN(Cc2ccccc2F)C1=O. The van der Waals surface area contributed by atoms with Gasteiger partial charge in [-0.3, -0.25) is 9.59 Å². The number of nitrogens with one attached hydrogen (secondary N) is 1. The molecule has 106 valence electrons. The molecule has 0 aromatic heterocycles. The number of hydrogen-bond donors (Lipinski definition) is 1. The molecule has 1 aromatic carbocycles. The minimum atomic E-state index is -0.819. The number of carbonyl (C=O) groups excluding carboxylic acids is 2. The van der Waals surface area contributed by atoms with Crippen LogP contribution in [0.3, 0.4) is 0 Å². The van der Waals surface area contributed by atoms with Crippen LogP contribution in [0.1, 0.15) is 25.3 Å². The second kappa shape index (κ2) is 4.58. The Hall–Kier alpha value is -1.91. The van der Waals surface area contributed by atoms with Gasteiger partial charge in [0.2, 0.25) is 11.8 Å². The van der Waals surface area contributed by atoms with Crippen molar-refractivity contribution < 1.29 is 14.0 Å². The third kappa shape index (κ3) is 2.17. The number of benzene rings is 1. The van der Waals surface area contributed by atoms with Gasteiger partial charge in [0.05, 0.1) is 6.54 Å². The van der Waals surface area contributed by atoms with Gasteiger partial charge in [-0.15, -0.1) is 0 Å². The molecule has 0 radical (unpaired) electrons. The van der Waals surface area contributed by atoms with Gasteiger partial charge < -0.3 is 10.2 Å². The number of nitrogens with zero attached hydrogens (tertiary/aromatic N) is 1. The number of halogens is 1. The summed E-state index contributed by atoms with van der Waals surface area (Å²) in [7, 11) is 0. The summed E-state index contributed by atoms with van der Waals surface area (Å²) in [5, 5.41) is 2.81. The van der Waals surface area contributed by atoms with E-state index in [9.17, 15) is 14.0 Å². The Kier molecular flexibility index (Phi) is 3.00. The molecule has 1 unspecified atom stereocenters. The van der Waals surface area contributed by atoms with E-state index in [-0.39, 0.29) is 36.6 Å². The summed E-state index contributed by atoms with van der Waals surface area (Å²) in [6.07, 6.45) is 1.91. The largest absolute Gasteiger partial charge is 0.340 e. The highest BCUT2D eigenvalue weighted by molar-refractivity contribution is 5.98. The van der Waals surface area contributed by atoms with Crippen LogP contribution in [0.5, 0.6) is 0 Å². The van der Waals surface area contributed by atoms with Crippen molar-refractivity contribution in [2.75, 3.05) is 6.54 Å². The van der Waals surface area contributed by atoms with E-state index in [0.717, 1.165) is 12.8 Å². The maximum Gasteiger partial charge on any atom is 0.249 e. The molecule has 2 aliphatic rings. The van der Waals surface area contributed by atoms with Gasteiger partial charge in [-0.05, 0) is 31.7 Å². The molecule has 5 heteroatoms. The Balaban J connectivity index is 1.84. The van der Waals surface area contributed by atoms with E-state index in [0.29, 0.717) is 5.56 Å². The molecule has 1 aliphatic heterocycles. The highest BCUT2D eigenvalue weighted by Crippen LogP contribution is 2.41. The Labute approximate surface area is 117 Å². The molecule has 4 nitrogen and oxygen atoms in total. The normalized spacial score (nSPS) is 26.6. The van der Waals surface area contributed by atoms with Crippen molar-refractivity contribution in [3.8, 4) is 0 Å². The fourth-order valence-corrected chi connectivity index (χ4v) is 2.85. The molecule has 2 fully saturated rings. The molecule has 1 aliphatic carbocycles. The first-order chi connectivity index (χ1) is 9.50. The molecule has 0 spiro atoms. The summed E-state index contributed by atoms with van der Waals surface area (Å²) in [4.78, 5) is 25.9. The van der Waals surface area contributed by atoms with Crippen LogP contribution in [0.15, 0.2) is 24.3 Å². The van der Waals surface area contributed by atoms with E-state index in [1.54, 1.807) is 25.1 Å². The average Bonchev–Trinajstić information content (AvgIpc) is 3.22. The maximum atomic E-state index is 13.7. The highest BCUT2D eigenvalue weighted by atomic mass is 19.1. The number of amides is 2. The monoisotopic (exact) mass is 276 g/mol. The summed E-state index contributed by atoms with van der Waals surface area (Å²) in [5.41, 5.74) is -0.380. The summed E-state index contributed by atoms with van der Waals surface area (Å²) < 4.78 is 13.7. The molecule has 1 aromatic rings. The topological polar surface area (TPSA) is 49.4 Å². The van der Waals surface area contributed by atoms with Crippen molar-refractivity contribution >= 4 is 11.8 Å². The van der Waals surface area contributed by atoms with Gasteiger partial charge in [0.15, 0.2) is 0 Å². The molecule has 1 atom stereocenters. The van der Waals surface area contributed by atoms with Gasteiger partial charge in [-0.1, -0.05) is 18.2 Å². The Morgan fingerprint density at radius 1 is 1.35 bits per heavy atom. The summed E-state index contributed by atoms with van der Waals surface area (Å²) in [5.74, 6) is -0.417. The molecular formula is C15H17FN2O2. The van der Waals surface area contributed by atoms with Crippen molar-refractivity contribution in [3.63, 3.8) is 0 Å². The van der Waals surface area contributed by atoms with E-state index < -0.39 is 5.54 Å². The van der Waals surface area contributed by atoms with Crippen molar-refractivity contribution in [2.45, 2.75) is 31.8 Å².